The second-order valence-corrected chi connectivity index (χ2v) is 12.2. The molecule has 2 aliphatic heterocycles. The Morgan fingerprint density at radius 1 is 1.21 bits per heavy atom. The van der Waals surface area contributed by atoms with Crippen LogP contribution in [0.2, 0.25) is 0 Å². The molecule has 9 nitrogen and oxygen atoms in total. The first-order valence-corrected chi connectivity index (χ1v) is 14.0. The topological polar surface area (TPSA) is 112 Å². The molecule has 0 spiro atoms. The van der Waals surface area contributed by atoms with Crippen LogP contribution in [0.4, 0.5) is 9.18 Å². The second-order valence-electron chi connectivity index (χ2n) is 12.2. The summed E-state index contributed by atoms with van der Waals surface area (Å²) >= 11 is 0. The number of amides is 2. The highest BCUT2D eigenvalue weighted by Crippen LogP contribution is 2.43. The second kappa shape index (κ2) is 11.3. The van der Waals surface area contributed by atoms with Crippen molar-refractivity contribution in [2.45, 2.75) is 89.7 Å². The molecule has 0 radical (unpaired) electrons. The number of rotatable bonds is 7. The molecular weight excluding hydrogens is 501 g/mol. The van der Waals surface area contributed by atoms with Gasteiger partial charge in [-0.25, -0.2) is 9.18 Å². The molecule has 5 rings (SSSR count). The van der Waals surface area contributed by atoms with Crippen LogP contribution in [0.15, 0.2) is 30.6 Å². The van der Waals surface area contributed by atoms with E-state index in [1.165, 1.54) is 6.07 Å². The lowest BCUT2D eigenvalue weighted by atomic mass is 9.97. The Hall–Kier alpha value is -2.98. The van der Waals surface area contributed by atoms with Crippen molar-refractivity contribution in [3.63, 3.8) is 0 Å². The van der Waals surface area contributed by atoms with Crippen molar-refractivity contribution in [3.8, 4) is 11.1 Å². The van der Waals surface area contributed by atoms with Gasteiger partial charge in [0.2, 0.25) is 5.91 Å². The van der Waals surface area contributed by atoms with E-state index < -0.39 is 23.9 Å². The predicted octanol–water partition coefficient (Wildman–Crippen LogP) is 3.85. The van der Waals surface area contributed by atoms with Crippen LogP contribution in [0.5, 0.6) is 0 Å². The van der Waals surface area contributed by atoms with Crippen molar-refractivity contribution >= 4 is 12.0 Å². The molecule has 1 aliphatic carbocycles. The van der Waals surface area contributed by atoms with Crippen LogP contribution in [-0.4, -0.2) is 63.7 Å². The minimum Gasteiger partial charge on any atom is -0.444 e. The van der Waals surface area contributed by atoms with E-state index in [0.717, 1.165) is 63.0 Å². The van der Waals surface area contributed by atoms with E-state index in [2.05, 4.69) is 10.4 Å². The molecule has 4 atom stereocenters. The van der Waals surface area contributed by atoms with Gasteiger partial charge < -0.3 is 20.5 Å². The molecule has 2 aromatic rings. The zero-order valence-corrected chi connectivity index (χ0v) is 23.1. The van der Waals surface area contributed by atoms with E-state index in [1.807, 2.05) is 37.7 Å². The number of piperidine rings is 1. The third kappa shape index (κ3) is 6.44. The van der Waals surface area contributed by atoms with E-state index in [0.29, 0.717) is 11.5 Å². The van der Waals surface area contributed by atoms with E-state index >= 15 is 4.39 Å². The molecule has 1 saturated carbocycles. The van der Waals surface area contributed by atoms with E-state index in [4.69, 9.17) is 15.2 Å². The highest BCUT2D eigenvalue weighted by atomic mass is 19.1. The summed E-state index contributed by atoms with van der Waals surface area (Å²) in [4.78, 5) is 27.7. The minimum atomic E-state index is -0.792. The third-order valence-electron chi connectivity index (χ3n) is 8.03. The zero-order valence-electron chi connectivity index (χ0n) is 23.1. The number of aromatic nitrogens is 2. The van der Waals surface area contributed by atoms with Gasteiger partial charge in [0.25, 0.3) is 0 Å². The summed E-state index contributed by atoms with van der Waals surface area (Å²) < 4.78 is 28.0. The fourth-order valence-electron chi connectivity index (χ4n) is 6.16. The predicted molar refractivity (Wildman–Crippen MR) is 144 cm³/mol. The van der Waals surface area contributed by atoms with Crippen LogP contribution < -0.4 is 11.1 Å². The van der Waals surface area contributed by atoms with Crippen LogP contribution in [-0.2, 0) is 27.2 Å². The number of likely N-dealkylation sites (tertiary alicyclic amines) is 1. The quantitative estimate of drug-likeness (QED) is 0.515. The van der Waals surface area contributed by atoms with E-state index in [9.17, 15) is 9.59 Å². The number of benzene rings is 1. The van der Waals surface area contributed by atoms with Gasteiger partial charge in [-0.2, -0.15) is 5.10 Å². The van der Waals surface area contributed by atoms with Crippen LogP contribution >= 0.6 is 0 Å². The Balaban J connectivity index is 1.19. The normalized spacial score (nSPS) is 24.1. The van der Waals surface area contributed by atoms with Gasteiger partial charge in [0.05, 0.1) is 12.4 Å². The Morgan fingerprint density at radius 3 is 2.69 bits per heavy atom. The molecule has 4 unspecified atom stereocenters. The summed E-state index contributed by atoms with van der Waals surface area (Å²) in [5.41, 5.74) is 7.60. The maximum absolute atomic E-state index is 15.1. The van der Waals surface area contributed by atoms with E-state index in [1.54, 1.807) is 17.2 Å². The number of carbonyl (C=O) groups is 2. The maximum Gasteiger partial charge on any atom is 0.411 e. The summed E-state index contributed by atoms with van der Waals surface area (Å²) in [5, 5.41) is 7.28. The largest absolute Gasteiger partial charge is 0.444 e. The molecule has 212 valence electrons. The van der Waals surface area contributed by atoms with Gasteiger partial charge in [0.15, 0.2) is 0 Å². The number of fused-ring (bicyclic) bond motifs is 2. The Kier molecular flexibility index (Phi) is 7.96. The number of nitrogens with zero attached hydrogens (tertiary/aromatic N) is 3. The lowest BCUT2D eigenvalue weighted by Crippen LogP contribution is -2.57. The molecule has 10 heteroatoms. The number of ether oxygens (including phenoxy) is 2. The number of carbonyl (C=O) groups excluding carboxylic acids is 2. The molecule has 2 saturated heterocycles. The minimum absolute atomic E-state index is 0.00264. The van der Waals surface area contributed by atoms with Crippen LogP contribution in [0.25, 0.3) is 11.1 Å². The summed E-state index contributed by atoms with van der Waals surface area (Å²) in [6.45, 7) is 7.83. The Morgan fingerprint density at radius 2 is 1.97 bits per heavy atom. The number of nitrogens with one attached hydrogen (secondary N) is 1. The molecule has 1 aromatic heterocycles. The zero-order chi connectivity index (χ0) is 27.7. The molecule has 2 amide bonds. The van der Waals surface area contributed by atoms with Gasteiger partial charge in [-0.05, 0) is 81.9 Å². The average Bonchev–Trinajstić information content (AvgIpc) is 3.61. The van der Waals surface area contributed by atoms with Crippen molar-refractivity contribution < 1.29 is 23.5 Å². The Bertz CT molecular complexity index is 1190. The monoisotopic (exact) mass is 541 g/mol. The third-order valence-corrected chi connectivity index (χ3v) is 8.03. The van der Waals surface area contributed by atoms with Gasteiger partial charge in [-0.15, -0.1) is 0 Å². The summed E-state index contributed by atoms with van der Waals surface area (Å²) in [6.07, 6.45) is 7.16. The molecule has 3 aliphatic rings. The average molecular weight is 542 g/mol. The number of halogens is 1. The molecular formula is C29H40FN5O4. The fraction of sp³-hybridized carbons (Fsp3) is 0.621. The van der Waals surface area contributed by atoms with Crippen molar-refractivity contribution in [2.24, 2.45) is 17.6 Å². The van der Waals surface area contributed by atoms with Crippen LogP contribution in [0.3, 0.4) is 0 Å². The highest BCUT2D eigenvalue weighted by Gasteiger charge is 2.52. The lowest BCUT2D eigenvalue weighted by Gasteiger charge is -2.36. The first-order valence-electron chi connectivity index (χ1n) is 14.0. The number of hydrogen-bond acceptors (Lipinski definition) is 6. The van der Waals surface area contributed by atoms with Crippen LogP contribution in [0, 0.1) is 17.7 Å². The van der Waals surface area contributed by atoms with Crippen LogP contribution in [0.1, 0.15) is 58.4 Å². The van der Waals surface area contributed by atoms with Crippen molar-refractivity contribution in [3.05, 3.63) is 42.0 Å². The standard InChI is InChI=1S/C29H40FN5O4/c1-29(2,3)39-28(37)35-23-7-6-21(12-23)26(35)27(36)33-25(31)14-20-5-4-19(13-24(20)30)22-15-32-34(17-22)16-18-8-10-38-11-9-18/h4-5,13,15,17-18,21,23,25-26H,6-12,14,16,31H2,1-3H3,(H,33,36). The molecule has 3 fully saturated rings. The van der Waals surface area contributed by atoms with E-state index in [-0.39, 0.29) is 30.1 Å². The van der Waals surface area contributed by atoms with Crippen molar-refractivity contribution in [1.82, 2.24) is 20.0 Å². The molecule has 3 N–H and O–H groups in total. The SMILES string of the molecule is CC(C)(C)OC(=O)N1C2CCC(C2)C1C(=O)NC(N)Cc1ccc(-c2cnn(CC3CCOCC3)c2)cc1F. The number of hydrogen-bond donors (Lipinski definition) is 2. The molecule has 3 heterocycles. The Labute approximate surface area is 229 Å². The summed E-state index contributed by atoms with van der Waals surface area (Å²) in [5.74, 6) is -0.0738. The number of nitrogens with two attached hydrogens (primary N) is 1. The lowest BCUT2D eigenvalue weighted by molar-refractivity contribution is -0.128. The summed E-state index contributed by atoms with van der Waals surface area (Å²) in [6, 6.07) is 4.43. The van der Waals surface area contributed by atoms with Gasteiger partial charge in [0, 0.05) is 44.0 Å². The van der Waals surface area contributed by atoms with Gasteiger partial charge >= 0.3 is 6.09 Å². The van der Waals surface area contributed by atoms with Crippen molar-refractivity contribution in [2.75, 3.05) is 13.2 Å². The molecule has 39 heavy (non-hydrogen) atoms. The maximum atomic E-state index is 15.1. The van der Waals surface area contributed by atoms with Crippen molar-refractivity contribution in [1.29, 1.82) is 0 Å². The van der Waals surface area contributed by atoms with Gasteiger partial charge in [-0.3, -0.25) is 14.4 Å². The molecule has 1 aromatic carbocycles. The summed E-state index contributed by atoms with van der Waals surface area (Å²) in [7, 11) is 0. The highest BCUT2D eigenvalue weighted by molar-refractivity contribution is 5.87. The first-order chi connectivity index (χ1) is 18.6. The van der Waals surface area contributed by atoms with Gasteiger partial charge in [-0.1, -0.05) is 12.1 Å². The smallest absolute Gasteiger partial charge is 0.411 e. The first kappa shape index (κ1) is 27.6. The fourth-order valence-corrected chi connectivity index (χ4v) is 6.16. The molecule has 2 bridgehead atoms. The van der Waals surface area contributed by atoms with Gasteiger partial charge in [0.1, 0.15) is 17.5 Å².